The second kappa shape index (κ2) is 8.79. The molecule has 1 aromatic rings. The highest BCUT2D eigenvalue weighted by atomic mass is 16.5. The summed E-state index contributed by atoms with van der Waals surface area (Å²) in [4.78, 5) is 13.2. The van der Waals surface area contributed by atoms with E-state index < -0.39 is 0 Å². The fraction of sp³-hybridized carbons (Fsp3) is 0.733. The van der Waals surface area contributed by atoms with Crippen LogP contribution in [0.15, 0.2) is 12.4 Å². The van der Waals surface area contributed by atoms with E-state index in [0.717, 1.165) is 57.6 Å². The summed E-state index contributed by atoms with van der Waals surface area (Å²) in [5.74, 6) is 1.88. The van der Waals surface area contributed by atoms with Gasteiger partial charge in [-0.05, 0) is 6.42 Å². The Morgan fingerprint density at radius 2 is 2.14 bits per heavy atom. The molecule has 2 heterocycles. The Morgan fingerprint density at radius 1 is 1.33 bits per heavy atom. The maximum Gasteiger partial charge on any atom is 0.133 e. The summed E-state index contributed by atoms with van der Waals surface area (Å²) in [6, 6.07) is 2.02. The molecule has 1 saturated heterocycles. The molecule has 0 atom stereocenters. The second-order valence-electron chi connectivity index (χ2n) is 5.42. The molecule has 6 heteroatoms. The van der Waals surface area contributed by atoms with Crippen LogP contribution in [-0.2, 0) is 4.74 Å². The molecule has 2 rings (SSSR count). The minimum absolute atomic E-state index is 0.847. The van der Waals surface area contributed by atoms with Crippen molar-refractivity contribution in [2.24, 2.45) is 0 Å². The number of rotatable bonds is 8. The van der Waals surface area contributed by atoms with Gasteiger partial charge in [0, 0.05) is 45.8 Å². The molecule has 0 aliphatic carbocycles. The van der Waals surface area contributed by atoms with Crippen molar-refractivity contribution < 1.29 is 4.74 Å². The second-order valence-corrected chi connectivity index (χ2v) is 5.42. The molecule has 0 aromatic carbocycles. The molecule has 6 nitrogen and oxygen atoms in total. The zero-order valence-electron chi connectivity index (χ0n) is 13.2. The van der Waals surface area contributed by atoms with E-state index >= 15 is 0 Å². The van der Waals surface area contributed by atoms with E-state index in [1.165, 1.54) is 12.8 Å². The van der Waals surface area contributed by atoms with E-state index in [0.29, 0.717) is 0 Å². The Labute approximate surface area is 127 Å². The number of hydrogen-bond acceptors (Lipinski definition) is 6. The van der Waals surface area contributed by atoms with E-state index in [1.807, 2.05) is 6.07 Å². The summed E-state index contributed by atoms with van der Waals surface area (Å²) in [6.45, 7) is 8.89. The number of anilines is 2. The fourth-order valence-electron chi connectivity index (χ4n) is 2.33. The monoisotopic (exact) mass is 293 g/mol. The molecule has 0 saturated carbocycles. The van der Waals surface area contributed by atoms with Crippen molar-refractivity contribution >= 4 is 11.6 Å². The number of ether oxygens (including phenoxy) is 1. The zero-order valence-corrected chi connectivity index (χ0v) is 13.2. The van der Waals surface area contributed by atoms with Crippen molar-refractivity contribution in [3.63, 3.8) is 0 Å². The predicted octanol–water partition coefficient (Wildman–Crippen LogP) is 1.46. The van der Waals surface area contributed by atoms with Gasteiger partial charge in [-0.1, -0.05) is 13.3 Å². The van der Waals surface area contributed by atoms with Crippen LogP contribution in [0.25, 0.3) is 0 Å². The summed E-state index contributed by atoms with van der Waals surface area (Å²) >= 11 is 0. The minimum atomic E-state index is 0.847. The van der Waals surface area contributed by atoms with Crippen molar-refractivity contribution in [1.82, 2.24) is 14.9 Å². The smallest absolute Gasteiger partial charge is 0.133 e. The first-order valence-electron chi connectivity index (χ1n) is 7.86. The summed E-state index contributed by atoms with van der Waals surface area (Å²) in [7, 11) is 2.08. The topological polar surface area (TPSA) is 53.5 Å². The maximum atomic E-state index is 5.35. The Morgan fingerprint density at radius 3 is 2.90 bits per heavy atom. The highest BCUT2D eigenvalue weighted by Crippen LogP contribution is 2.13. The van der Waals surface area contributed by atoms with Crippen LogP contribution < -0.4 is 10.2 Å². The van der Waals surface area contributed by atoms with Gasteiger partial charge >= 0.3 is 0 Å². The van der Waals surface area contributed by atoms with Crippen molar-refractivity contribution in [1.29, 1.82) is 0 Å². The highest BCUT2D eigenvalue weighted by molar-refractivity contribution is 5.47. The number of morpholine rings is 1. The summed E-state index contributed by atoms with van der Waals surface area (Å²) < 4.78 is 5.35. The molecular weight excluding hydrogens is 266 g/mol. The number of nitrogens with zero attached hydrogens (tertiary/aromatic N) is 4. The van der Waals surface area contributed by atoms with Gasteiger partial charge < -0.3 is 15.0 Å². The fourth-order valence-corrected chi connectivity index (χ4v) is 2.33. The van der Waals surface area contributed by atoms with Crippen molar-refractivity contribution in [3.05, 3.63) is 12.4 Å². The van der Waals surface area contributed by atoms with Crippen molar-refractivity contribution in [3.8, 4) is 0 Å². The van der Waals surface area contributed by atoms with E-state index in [1.54, 1.807) is 6.33 Å². The molecule has 1 N–H and O–H groups in total. The Bertz CT molecular complexity index is 409. The van der Waals surface area contributed by atoms with Crippen LogP contribution in [0.5, 0.6) is 0 Å². The van der Waals surface area contributed by atoms with Gasteiger partial charge in [-0.15, -0.1) is 0 Å². The van der Waals surface area contributed by atoms with E-state index in [-0.39, 0.29) is 0 Å². The van der Waals surface area contributed by atoms with Gasteiger partial charge in [-0.3, -0.25) is 4.90 Å². The van der Waals surface area contributed by atoms with Gasteiger partial charge in [0.2, 0.25) is 0 Å². The molecular formula is C15H27N5O. The third-order valence-electron chi connectivity index (χ3n) is 3.73. The van der Waals surface area contributed by atoms with Gasteiger partial charge in [-0.2, -0.15) is 0 Å². The lowest BCUT2D eigenvalue weighted by atomic mass is 10.3. The average Bonchev–Trinajstić information content (AvgIpc) is 2.54. The molecule has 0 radical (unpaired) electrons. The molecule has 0 amide bonds. The zero-order chi connectivity index (χ0) is 14.9. The van der Waals surface area contributed by atoms with Crippen LogP contribution >= 0.6 is 0 Å². The lowest BCUT2D eigenvalue weighted by molar-refractivity contribution is 0.0398. The van der Waals surface area contributed by atoms with E-state index in [2.05, 4.69) is 39.1 Å². The van der Waals surface area contributed by atoms with Gasteiger partial charge in [0.15, 0.2) is 0 Å². The van der Waals surface area contributed by atoms with Crippen LogP contribution in [0.3, 0.4) is 0 Å². The third-order valence-corrected chi connectivity index (χ3v) is 3.73. The first-order chi connectivity index (χ1) is 10.3. The molecule has 1 aliphatic rings. The molecule has 1 fully saturated rings. The Hall–Kier alpha value is -1.40. The van der Waals surface area contributed by atoms with Gasteiger partial charge in [0.1, 0.15) is 18.0 Å². The molecule has 118 valence electrons. The lowest BCUT2D eigenvalue weighted by Crippen LogP contribution is -2.39. The van der Waals surface area contributed by atoms with Crippen LogP contribution in [0.1, 0.15) is 19.8 Å². The standard InChI is InChI=1S/C15H27N5O/c1-3-4-6-19(2)15-12-14(17-13-18-15)16-5-7-20-8-10-21-11-9-20/h12-13H,3-11H2,1-2H3,(H,16,17,18). The van der Waals surface area contributed by atoms with Gasteiger partial charge in [-0.25, -0.2) is 9.97 Å². The van der Waals surface area contributed by atoms with Gasteiger partial charge in [0.05, 0.1) is 13.2 Å². The van der Waals surface area contributed by atoms with E-state index in [9.17, 15) is 0 Å². The number of hydrogen-bond donors (Lipinski definition) is 1. The summed E-state index contributed by atoms with van der Waals surface area (Å²) in [5.41, 5.74) is 0. The Kier molecular flexibility index (Phi) is 6.69. The minimum Gasteiger partial charge on any atom is -0.379 e. The Balaban J connectivity index is 1.77. The van der Waals surface area contributed by atoms with Crippen molar-refractivity contribution in [2.75, 3.05) is 63.2 Å². The molecule has 0 spiro atoms. The highest BCUT2D eigenvalue weighted by Gasteiger charge is 2.09. The maximum absolute atomic E-state index is 5.35. The first kappa shape index (κ1) is 16.0. The summed E-state index contributed by atoms with van der Waals surface area (Å²) in [6.07, 6.45) is 4.01. The lowest BCUT2D eigenvalue weighted by Gasteiger charge is -2.26. The normalized spacial score (nSPS) is 15.9. The number of unbranched alkanes of at least 4 members (excludes halogenated alkanes) is 1. The SMILES string of the molecule is CCCCN(C)c1cc(NCCN2CCOCC2)ncn1. The summed E-state index contributed by atoms with van der Waals surface area (Å²) in [5, 5.41) is 3.38. The average molecular weight is 293 g/mol. The largest absolute Gasteiger partial charge is 0.379 e. The predicted molar refractivity (Wildman–Crippen MR) is 86.0 cm³/mol. The van der Waals surface area contributed by atoms with E-state index in [4.69, 9.17) is 4.74 Å². The first-order valence-corrected chi connectivity index (χ1v) is 7.86. The third kappa shape index (κ3) is 5.47. The molecule has 1 aliphatic heterocycles. The quantitative estimate of drug-likeness (QED) is 0.783. The molecule has 0 unspecified atom stereocenters. The van der Waals surface area contributed by atoms with Crippen LogP contribution in [0.4, 0.5) is 11.6 Å². The van der Waals surface area contributed by atoms with Crippen LogP contribution in [0.2, 0.25) is 0 Å². The molecule has 0 bridgehead atoms. The van der Waals surface area contributed by atoms with Crippen LogP contribution in [0, 0.1) is 0 Å². The van der Waals surface area contributed by atoms with Crippen molar-refractivity contribution in [2.45, 2.75) is 19.8 Å². The van der Waals surface area contributed by atoms with Crippen LogP contribution in [-0.4, -0.2) is 67.9 Å². The molecule has 1 aromatic heterocycles. The van der Waals surface area contributed by atoms with Gasteiger partial charge in [0.25, 0.3) is 0 Å². The number of aromatic nitrogens is 2. The molecule has 21 heavy (non-hydrogen) atoms. The number of nitrogens with one attached hydrogen (secondary N) is 1.